The van der Waals surface area contributed by atoms with Gasteiger partial charge in [-0.2, -0.15) is 0 Å². The molecule has 6 heteroatoms. The summed E-state index contributed by atoms with van der Waals surface area (Å²) in [7, 11) is -3.51. The van der Waals surface area contributed by atoms with Crippen LogP contribution < -0.4 is 10.9 Å². The van der Waals surface area contributed by atoms with Crippen LogP contribution in [0.15, 0.2) is 24.4 Å². The Morgan fingerprint density at radius 1 is 1.30 bits per heavy atom. The fourth-order valence-electron chi connectivity index (χ4n) is 2.48. The molecule has 0 bridgehead atoms. The molecule has 0 aliphatic heterocycles. The van der Waals surface area contributed by atoms with Gasteiger partial charge in [-0.25, -0.2) is 13.6 Å². The van der Waals surface area contributed by atoms with E-state index in [1.54, 1.807) is 0 Å². The van der Waals surface area contributed by atoms with Gasteiger partial charge in [0.2, 0.25) is 10.0 Å². The first-order valence-corrected chi connectivity index (χ1v) is 8.36. The summed E-state index contributed by atoms with van der Waals surface area (Å²) in [5.74, 6) is -0.141. The maximum atomic E-state index is 11.2. The summed E-state index contributed by atoms with van der Waals surface area (Å²) in [4.78, 5) is 0. The number of hydrogen-bond donors (Lipinski definition) is 2. The summed E-state index contributed by atoms with van der Waals surface area (Å²) in [6, 6.07) is 6.02. The van der Waals surface area contributed by atoms with E-state index in [1.807, 2.05) is 18.2 Å². The second-order valence-corrected chi connectivity index (χ2v) is 6.97. The number of rotatable bonds is 5. The predicted molar refractivity (Wildman–Crippen MR) is 81.9 cm³/mol. The van der Waals surface area contributed by atoms with E-state index in [2.05, 4.69) is 24.6 Å². The van der Waals surface area contributed by atoms with E-state index in [0.717, 1.165) is 22.9 Å². The summed E-state index contributed by atoms with van der Waals surface area (Å²) in [5.41, 5.74) is 8.60. The van der Waals surface area contributed by atoms with E-state index < -0.39 is 10.0 Å². The summed E-state index contributed by atoms with van der Waals surface area (Å²) in [5, 5.41) is 6.17. The third kappa shape index (κ3) is 3.20. The Morgan fingerprint density at radius 3 is 2.55 bits per heavy atom. The predicted octanol–water partition coefficient (Wildman–Crippen LogP) is 1.51. The fourth-order valence-corrected chi connectivity index (χ4v) is 3.12. The zero-order valence-electron chi connectivity index (χ0n) is 11.8. The van der Waals surface area contributed by atoms with Crippen LogP contribution in [0.4, 0.5) is 0 Å². The van der Waals surface area contributed by atoms with Gasteiger partial charge in [0, 0.05) is 23.1 Å². The molecule has 0 saturated carbocycles. The lowest BCUT2D eigenvalue weighted by Crippen LogP contribution is -2.14. The Kier molecular flexibility index (Phi) is 4.17. The molecule has 1 heterocycles. The van der Waals surface area contributed by atoms with Crippen LogP contribution in [0.25, 0.3) is 10.9 Å². The molecule has 110 valence electrons. The van der Waals surface area contributed by atoms with Gasteiger partial charge in [-0.1, -0.05) is 6.07 Å². The highest BCUT2D eigenvalue weighted by atomic mass is 32.2. The van der Waals surface area contributed by atoms with E-state index in [1.165, 1.54) is 0 Å². The molecule has 1 aromatic carbocycles. The van der Waals surface area contributed by atoms with Crippen molar-refractivity contribution in [3.05, 3.63) is 35.5 Å². The van der Waals surface area contributed by atoms with E-state index in [4.69, 9.17) is 10.9 Å². The highest BCUT2D eigenvalue weighted by molar-refractivity contribution is 7.88. The summed E-state index contributed by atoms with van der Waals surface area (Å²) >= 11 is 0. The smallest absolute Gasteiger partial charge is 0.213 e. The molecule has 4 N–H and O–H groups in total. The van der Waals surface area contributed by atoms with Crippen molar-refractivity contribution in [2.24, 2.45) is 10.9 Å². The van der Waals surface area contributed by atoms with Gasteiger partial charge in [-0.05, 0) is 50.1 Å². The van der Waals surface area contributed by atoms with Crippen LogP contribution in [-0.2, 0) is 22.2 Å². The number of primary sulfonamides is 1. The zero-order chi connectivity index (χ0) is 14.9. The molecular formula is C14H21N3O2S. The summed E-state index contributed by atoms with van der Waals surface area (Å²) in [6.07, 6.45) is 2.87. The van der Waals surface area contributed by atoms with E-state index in [0.29, 0.717) is 18.2 Å². The van der Waals surface area contributed by atoms with Crippen LogP contribution in [0.2, 0.25) is 0 Å². The molecule has 0 amide bonds. The van der Waals surface area contributed by atoms with Gasteiger partial charge in [0.05, 0.1) is 5.75 Å². The average Bonchev–Trinajstić information content (AvgIpc) is 2.66. The highest BCUT2D eigenvalue weighted by Crippen LogP contribution is 2.26. The lowest BCUT2D eigenvalue weighted by atomic mass is 10.1. The standard InChI is InChI=1S/C14H21N3O2S/c1-10(2)17-8-12(5-6-15)13-7-11(3-4-14(13)17)9-20(16,18)19/h3-4,7-8,10H,5-6,9,15H2,1-2H3,(H2,16,18,19). The van der Waals surface area contributed by atoms with E-state index in [-0.39, 0.29) is 5.75 Å². The maximum Gasteiger partial charge on any atom is 0.213 e. The Hall–Kier alpha value is -1.37. The minimum atomic E-state index is -3.51. The minimum absolute atomic E-state index is 0.141. The number of nitrogens with zero attached hydrogens (tertiary/aromatic N) is 1. The van der Waals surface area contributed by atoms with Gasteiger partial charge < -0.3 is 10.3 Å². The van der Waals surface area contributed by atoms with Crippen molar-refractivity contribution in [2.75, 3.05) is 6.54 Å². The SMILES string of the molecule is CC(C)n1cc(CCN)c2cc(CS(N)(=O)=O)ccc21. The van der Waals surface area contributed by atoms with Crippen molar-refractivity contribution in [2.45, 2.75) is 32.1 Å². The van der Waals surface area contributed by atoms with Crippen LogP contribution in [0.3, 0.4) is 0 Å². The number of nitrogens with two attached hydrogens (primary N) is 2. The number of hydrogen-bond acceptors (Lipinski definition) is 3. The van der Waals surface area contributed by atoms with Crippen LogP contribution in [0, 0.1) is 0 Å². The molecule has 20 heavy (non-hydrogen) atoms. The van der Waals surface area contributed by atoms with Crippen molar-refractivity contribution >= 4 is 20.9 Å². The summed E-state index contributed by atoms with van der Waals surface area (Å²) < 4.78 is 24.6. The van der Waals surface area contributed by atoms with Crippen LogP contribution in [0.5, 0.6) is 0 Å². The first kappa shape index (κ1) is 15.0. The molecule has 0 aliphatic rings. The number of aromatic nitrogens is 1. The molecule has 0 aliphatic carbocycles. The normalized spacial score (nSPS) is 12.4. The molecule has 1 aromatic heterocycles. The molecule has 5 nitrogen and oxygen atoms in total. The third-order valence-corrected chi connectivity index (χ3v) is 4.05. The Balaban J connectivity index is 2.57. The second kappa shape index (κ2) is 5.55. The molecular weight excluding hydrogens is 274 g/mol. The Bertz CT molecular complexity index is 717. The van der Waals surface area contributed by atoms with Crippen molar-refractivity contribution in [1.82, 2.24) is 4.57 Å². The van der Waals surface area contributed by atoms with Crippen molar-refractivity contribution in [1.29, 1.82) is 0 Å². The van der Waals surface area contributed by atoms with Crippen LogP contribution in [-0.4, -0.2) is 19.5 Å². The fraction of sp³-hybridized carbons (Fsp3) is 0.429. The van der Waals surface area contributed by atoms with Gasteiger partial charge >= 0.3 is 0 Å². The Morgan fingerprint density at radius 2 is 2.00 bits per heavy atom. The highest BCUT2D eigenvalue weighted by Gasteiger charge is 2.12. The van der Waals surface area contributed by atoms with Crippen molar-refractivity contribution < 1.29 is 8.42 Å². The quantitative estimate of drug-likeness (QED) is 0.876. The van der Waals surface area contributed by atoms with Gasteiger partial charge in [0.25, 0.3) is 0 Å². The van der Waals surface area contributed by atoms with Gasteiger partial charge in [-0.3, -0.25) is 0 Å². The lowest BCUT2D eigenvalue weighted by molar-refractivity contribution is 0.597. The number of fused-ring (bicyclic) bond motifs is 1. The lowest BCUT2D eigenvalue weighted by Gasteiger charge is -2.09. The third-order valence-electron chi connectivity index (χ3n) is 3.32. The first-order valence-electron chi connectivity index (χ1n) is 6.64. The molecule has 0 radical (unpaired) electrons. The zero-order valence-corrected chi connectivity index (χ0v) is 12.7. The topological polar surface area (TPSA) is 91.1 Å². The molecule has 0 fully saturated rings. The van der Waals surface area contributed by atoms with E-state index in [9.17, 15) is 8.42 Å². The second-order valence-electron chi connectivity index (χ2n) is 5.35. The molecule has 2 aromatic rings. The monoisotopic (exact) mass is 295 g/mol. The number of benzene rings is 1. The largest absolute Gasteiger partial charge is 0.345 e. The minimum Gasteiger partial charge on any atom is -0.345 e. The first-order chi connectivity index (χ1) is 9.31. The van der Waals surface area contributed by atoms with E-state index >= 15 is 0 Å². The molecule has 0 atom stereocenters. The van der Waals surface area contributed by atoms with Crippen molar-refractivity contribution in [3.63, 3.8) is 0 Å². The van der Waals surface area contributed by atoms with Crippen LogP contribution in [0.1, 0.15) is 31.0 Å². The average molecular weight is 295 g/mol. The van der Waals surface area contributed by atoms with Crippen molar-refractivity contribution in [3.8, 4) is 0 Å². The number of sulfonamides is 1. The summed E-state index contributed by atoms with van der Waals surface area (Å²) in [6.45, 7) is 4.80. The van der Waals surface area contributed by atoms with Crippen LogP contribution >= 0.6 is 0 Å². The van der Waals surface area contributed by atoms with Gasteiger partial charge in [-0.15, -0.1) is 0 Å². The molecule has 2 rings (SSSR count). The maximum absolute atomic E-state index is 11.2. The van der Waals surface area contributed by atoms with Gasteiger partial charge in [0.1, 0.15) is 0 Å². The molecule has 0 saturated heterocycles. The Labute approximate surface area is 119 Å². The molecule has 0 unspecified atom stereocenters. The molecule has 0 spiro atoms. The van der Waals surface area contributed by atoms with Gasteiger partial charge in [0.15, 0.2) is 0 Å².